The minimum Gasteiger partial charge on any atom is -0.416 e. The molecular weight excluding hydrogens is 555 g/mol. The Morgan fingerprint density at radius 2 is 2.00 bits per heavy atom. The van der Waals surface area contributed by atoms with Crippen molar-refractivity contribution in [3.8, 4) is 17.3 Å². The second kappa shape index (κ2) is 11.9. The molecule has 43 heavy (non-hydrogen) atoms. The predicted molar refractivity (Wildman–Crippen MR) is 174 cm³/mol. The van der Waals surface area contributed by atoms with Gasteiger partial charge in [0, 0.05) is 48.3 Å². The van der Waals surface area contributed by atoms with Crippen LogP contribution in [0.5, 0.6) is 0 Å². The van der Waals surface area contributed by atoms with E-state index < -0.39 is 13.7 Å². The molecule has 0 bridgehead atoms. The molecule has 3 aromatic rings. The van der Waals surface area contributed by atoms with Gasteiger partial charge in [0.25, 0.3) is 0 Å². The molecule has 2 aromatic heterocycles. The molecule has 12 heteroatoms. The van der Waals surface area contributed by atoms with Crippen LogP contribution in [0.15, 0.2) is 36.7 Å². The van der Waals surface area contributed by atoms with Crippen LogP contribution < -0.4 is 10.1 Å². The Labute approximate surface area is 256 Å². The van der Waals surface area contributed by atoms with E-state index in [1.807, 2.05) is 33.9 Å². The van der Waals surface area contributed by atoms with Gasteiger partial charge in [-0.05, 0) is 74.9 Å². The monoisotopic (exact) mass is 597 g/mol. The van der Waals surface area contributed by atoms with Crippen molar-refractivity contribution in [1.82, 2.24) is 24.6 Å². The van der Waals surface area contributed by atoms with Gasteiger partial charge in [-0.2, -0.15) is 10.4 Å². The summed E-state index contributed by atoms with van der Waals surface area (Å²) in [5, 5.41) is 18.3. The van der Waals surface area contributed by atoms with E-state index in [-0.39, 0.29) is 5.04 Å². The summed E-state index contributed by atoms with van der Waals surface area (Å²) in [5.41, 5.74) is 3.29. The quantitative estimate of drug-likeness (QED) is 0.265. The molecule has 1 N–H and O–H groups in total. The third-order valence-corrected chi connectivity index (χ3v) is 13.8. The van der Waals surface area contributed by atoms with Crippen LogP contribution in [0, 0.1) is 11.3 Å². The number of carbonyl (C=O) groups is 1. The summed E-state index contributed by atoms with van der Waals surface area (Å²) in [5.74, 6) is 1.13. The highest BCUT2D eigenvalue weighted by Crippen LogP contribution is 2.46. The number of anilines is 3. The van der Waals surface area contributed by atoms with Gasteiger partial charge in [-0.3, -0.25) is 4.68 Å². The maximum atomic E-state index is 11.6. The molecule has 0 saturated carbocycles. The third-order valence-electron chi connectivity index (χ3n) is 9.35. The summed E-state index contributed by atoms with van der Waals surface area (Å²) in [6, 6.07) is 10.5. The molecule has 2 aliphatic rings. The molecule has 5 rings (SSSR count). The molecule has 0 amide bonds. The molecule has 1 saturated heterocycles. The highest BCUT2D eigenvalue weighted by Gasteiger charge is 2.44. The Bertz CT molecular complexity index is 1520. The first-order chi connectivity index (χ1) is 20.3. The van der Waals surface area contributed by atoms with Crippen molar-refractivity contribution in [2.24, 2.45) is 0 Å². The topological polar surface area (TPSA) is 112 Å². The SMILES string of the molecule is CN1CCC(n2ccc(Nc3nccc(-c4cc(C#N)c5c(c4)[C@@](C)(CO[Si](C)(C)C(C)(C)C)CN5[B]C=O)n3)n2)CC1. The number of likely N-dealkylation sites (tertiary alicyclic amines) is 1. The van der Waals surface area contributed by atoms with Crippen LogP contribution in [0.4, 0.5) is 17.5 Å². The fourth-order valence-electron chi connectivity index (χ4n) is 5.62. The van der Waals surface area contributed by atoms with Crippen molar-refractivity contribution in [3.63, 3.8) is 0 Å². The molecule has 0 aliphatic carbocycles. The molecule has 0 spiro atoms. The first kappa shape index (κ1) is 30.9. The number of carbonyl (C=O) groups excluding carboxylic acids is 1. The first-order valence-electron chi connectivity index (χ1n) is 15.0. The van der Waals surface area contributed by atoms with Crippen molar-refractivity contribution in [3.05, 3.63) is 47.8 Å². The lowest BCUT2D eigenvalue weighted by Crippen LogP contribution is -2.46. The average molecular weight is 598 g/mol. The van der Waals surface area contributed by atoms with Crippen LogP contribution in [0.1, 0.15) is 57.7 Å². The Hall–Kier alpha value is -3.53. The fourth-order valence-corrected chi connectivity index (χ4v) is 6.73. The standard InChI is InChI=1S/C31H42BN8O2Si/c1-30(2,3)43(6,7)42-20-31(4)19-39(32-21-41)28-23(18-33)16-22(17-25(28)31)26-8-12-34-29(35-26)36-27-11-15-40(37-27)24-9-13-38(5)14-10-24/h8,11-12,15-17,21,24H,9-10,13-14,19-20H2,1-7H3,(H,34,35,36,37)/t31-/m1/s1. The summed E-state index contributed by atoms with van der Waals surface area (Å²) in [4.78, 5) is 25.0. The maximum Gasteiger partial charge on any atom is 0.329 e. The molecule has 2 aliphatic heterocycles. The van der Waals surface area contributed by atoms with Gasteiger partial charge < -0.3 is 24.2 Å². The van der Waals surface area contributed by atoms with Crippen LogP contribution in [-0.2, 0) is 14.6 Å². The molecule has 1 atom stereocenters. The molecule has 1 aromatic carbocycles. The van der Waals surface area contributed by atoms with E-state index in [0.29, 0.717) is 42.2 Å². The van der Waals surface area contributed by atoms with Crippen molar-refractivity contribution in [1.29, 1.82) is 5.26 Å². The van der Waals surface area contributed by atoms with Gasteiger partial charge in [0.15, 0.2) is 14.1 Å². The Morgan fingerprint density at radius 3 is 2.67 bits per heavy atom. The summed E-state index contributed by atoms with van der Waals surface area (Å²) in [6.45, 7) is 16.5. The van der Waals surface area contributed by atoms with Gasteiger partial charge in [-0.15, -0.1) is 0 Å². The summed E-state index contributed by atoms with van der Waals surface area (Å²) < 4.78 is 8.74. The Balaban J connectivity index is 1.44. The number of fused-ring (bicyclic) bond motifs is 1. The number of hydrogen-bond donors (Lipinski definition) is 1. The normalized spacial score (nSPS) is 19.6. The van der Waals surface area contributed by atoms with E-state index in [1.54, 1.807) is 6.20 Å². The molecule has 225 valence electrons. The number of rotatable bonds is 9. The number of nitrogens with zero attached hydrogens (tertiary/aromatic N) is 7. The Kier molecular flexibility index (Phi) is 8.53. The van der Waals surface area contributed by atoms with Crippen molar-refractivity contribution in [2.45, 2.75) is 70.1 Å². The van der Waals surface area contributed by atoms with Gasteiger partial charge >= 0.3 is 7.41 Å². The number of benzene rings is 1. The third kappa shape index (κ3) is 6.39. The van der Waals surface area contributed by atoms with Crippen LogP contribution in [0.3, 0.4) is 0 Å². The van der Waals surface area contributed by atoms with Crippen molar-refractivity contribution in [2.75, 3.05) is 43.4 Å². The minimum absolute atomic E-state index is 0.0619. The highest BCUT2D eigenvalue weighted by molar-refractivity contribution is 6.74. The summed E-state index contributed by atoms with van der Waals surface area (Å²) >= 11 is 0. The Morgan fingerprint density at radius 1 is 1.26 bits per heavy atom. The summed E-state index contributed by atoms with van der Waals surface area (Å²) in [6.07, 6.45) is 6.65. The lowest BCUT2D eigenvalue weighted by Gasteiger charge is -2.39. The average Bonchev–Trinajstić information content (AvgIpc) is 3.54. The van der Waals surface area contributed by atoms with Crippen molar-refractivity contribution >= 4 is 39.4 Å². The van der Waals surface area contributed by atoms with E-state index in [2.05, 4.69) is 75.2 Å². The number of aromatic nitrogens is 4. The zero-order valence-corrected chi connectivity index (χ0v) is 27.4. The van der Waals surface area contributed by atoms with E-state index in [1.165, 1.54) is 7.41 Å². The maximum absolute atomic E-state index is 11.6. The van der Waals surface area contributed by atoms with E-state index >= 15 is 0 Å². The number of nitrogens with one attached hydrogen (secondary N) is 1. The molecule has 4 heterocycles. The lowest BCUT2D eigenvalue weighted by atomic mass is 9.83. The van der Waals surface area contributed by atoms with Crippen LogP contribution in [0.25, 0.3) is 11.3 Å². The second-order valence-electron chi connectivity index (χ2n) is 13.7. The lowest BCUT2D eigenvalue weighted by molar-refractivity contribution is 0.212. The van der Waals surface area contributed by atoms with Crippen LogP contribution in [-0.4, -0.2) is 79.9 Å². The van der Waals surface area contributed by atoms with Gasteiger partial charge in [-0.1, -0.05) is 27.7 Å². The van der Waals surface area contributed by atoms with E-state index in [4.69, 9.17) is 14.5 Å². The van der Waals surface area contributed by atoms with Crippen LogP contribution >= 0.6 is 0 Å². The zero-order valence-electron chi connectivity index (χ0n) is 26.4. The smallest absolute Gasteiger partial charge is 0.329 e. The molecule has 0 unspecified atom stereocenters. The van der Waals surface area contributed by atoms with Crippen molar-refractivity contribution < 1.29 is 9.22 Å². The predicted octanol–water partition coefficient (Wildman–Crippen LogP) is 5.13. The second-order valence-corrected chi connectivity index (χ2v) is 18.5. The highest BCUT2D eigenvalue weighted by atomic mass is 28.4. The molecule has 10 nitrogen and oxygen atoms in total. The fraction of sp³-hybridized carbons (Fsp3) is 0.516. The first-order valence-corrected chi connectivity index (χ1v) is 17.9. The molecule has 1 fully saturated rings. The van der Waals surface area contributed by atoms with Gasteiger partial charge in [-0.25, -0.2) is 9.97 Å². The van der Waals surface area contributed by atoms with Gasteiger partial charge in [0.1, 0.15) is 12.3 Å². The van der Waals surface area contributed by atoms with E-state index in [9.17, 15) is 10.1 Å². The van der Waals surface area contributed by atoms with Crippen LogP contribution in [0.2, 0.25) is 18.1 Å². The minimum atomic E-state index is -2.04. The molecular formula is C31H42BN8O2Si. The number of piperidine rings is 1. The van der Waals surface area contributed by atoms with E-state index in [0.717, 1.165) is 48.9 Å². The zero-order chi connectivity index (χ0) is 31.0. The van der Waals surface area contributed by atoms with Gasteiger partial charge in [0.05, 0.1) is 17.3 Å². The largest absolute Gasteiger partial charge is 0.416 e. The molecule has 1 radical (unpaired) electrons. The van der Waals surface area contributed by atoms with Gasteiger partial charge in [0.2, 0.25) is 5.95 Å². The number of nitriles is 1. The summed E-state index contributed by atoms with van der Waals surface area (Å²) in [7, 11) is 1.62. The number of hydrogen-bond acceptors (Lipinski definition) is 9.